The SMILES string of the molecule is Cc1ccc(C)c(S(=O)(=O)/C(C#N)=C/Nc2ccc(O)cc2)c1. The van der Waals surface area contributed by atoms with E-state index in [2.05, 4.69) is 5.32 Å². The van der Waals surface area contributed by atoms with Crippen molar-refractivity contribution in [3.63, 3.8) is 0 Å². The largest absolute Gasteiger partial charge is 0.508 e. The molecule has 23 heavy (non-hydrogen) atoms. The maximum Gasteiger partial charge on any atom is 0.218 e. The molecule has 0 saturated heterocycles. The zero-order chi connectivity index (χ0) is 17.0. The first-order chi connectivity index (χ1) is 10.8. The number of phenols is 1. The standard InChI is InChI=1S/C17H16N2O3S/c1-12-3-4-13(2)17(9-12)23(21,22)16(10-18)11-19-14-5-7-15(20)8-6-14/h3-9,11,19-20H,1-2H3/b16-11+. The highest BCUT2D eigenvalue weighted by molar-refractivity contribution is 7.95. The van der Waals surface area contributed by atoms with Crippen LogP contribution in [-0.2, 0) is 9.84 Å². The highest BCUT2D eigenvalue weighted by Crippen LogP contribution is 2.24. The molecule has 0 amide bonds. The molecule has 0 radical (unpaired) electrons. The molecular formula is C17H16N2O3S. The minimum absolute atomic E-state index is 0.100. The van der Waals surface area contributed by atoms with E-state index >= 15 is 0 Å². The molecule has 0 aromatic heterocycles. The van der Waals surface area contributed by atoms with E-state index in [1.165, 1.54) is 12.1 Å². The van der Waals surface area contributed by atoms with Gasteiger partial charge in [-0.05, 0) is 55.3 Å². The Morgan fingerprint density at radius 1 is 1.17 bits per heavy atom. The summed E-state index contributed by atoms with van der Waals surface area (Å²) >= 11 is 0. The first-order valence-corrected chi connectivity index (χ1v) is 8.31. The Balaban J connectivity index is 2.39. The van der Waals surface area contributed by atoms with Gasteiger partial charge in [-0.1, -0.05) is 12.1 Å². The molecule has 0 atom stereocenters. The summed E-state index contributed by atoms with van der Waals surface area (Å²) in [6.07, 6.45) is 1.16. The molecule has 2 N–H and O–H groups in total. The summed E-state index contributed by atoms with van der Waals surface area (Å²) in [6, 6.07) is 12.9. The van der Waals surface area contributed by atoms with Crippen molar-refractivity contribution in [3.8, 4) is 11.8 Å². The summed E-state index contributed by atoms with van der Waals surface area (Å²) in [5.41, 5.74) is 1.95. The number of nitriles is 1. The topological polar surface area (TPSA) is 90.2 Å². The fourth-order valence-corrected chi connectivity index (χ4v) is 3.40. The third-order valence-electron chi connectivity index (χ3n) is 3.27. The minimum Gasteiger partial charge on any atom is -0.508 e. The number of nitrogens with one attached hydrogen (secondary N) is 1. The second-order valence-electron chi connectivity index (χ2n) is 5.08. The molecule has 0 spiro atoms. The van der Waals surface area contributed by atoms with Crippen LogP contribution >= 0.6 is 0 Å². The van der Waals surface area contributed by atoms with E-state index in [0.29, 0.717) is 11.3 Å². The Kier molecular flexibility index (Phi) is 4.72. The number of anilines is 1. The fourth-order valence-electron chi connectivity index (χ4n) is 1.99. The molecule has 0 unspecified atom stereocenters. The predicted molar refractivity (Wildman–Crippen MR) is 88.5 cm³/mol. The number of phenolic OH excluding ortho intramolecular Hbond substituents is 1. The van der Waals surface area contributed by atoms with Crippen LogP contribution in [0.2, 0.25) is 0 Å². The predicted octanol–water partition coefficient (Wildman–Crippen LogP) is 3.26. The third-order valence-corrected chi connectivity index (χ3v) is 5.08. The first kappa shape index (κ1) is 16.6. The van der Waals surface area contributed by atoms with Crippen LogP contribution in [0.4, 0.5) is 5.69 Å². The number of rotatable bonds is 4. The molecule has 5 nitrogen and oxygen atoms in total. The van der Waals surface area contributed by atoms with Gasteiger partial charge in [-0.3, -0.25) is 0 Å². The van der Waals surface area contributed by atoms with E-state index in [1.54, 1.807) is 44.2 Å². The van der Waals surface area contributed by atoms with Gasteiger partial charge in [-0.2, -0.15) is 5.26 Å². The van der Waals surface area contributed by atoms with Crippen molar-refractivity contribution in [2.75, 3.05) is 5.32 Å². The van der Waals surface area contributed by atoms with Gasteiger partial charge in [0.25, 0.3) is 0 Å². The second-order valence-corrected chi connectivity index (χ2v) is 6.97. The lowest BCUT2D eigenvalue weighted by Crippen LogP contribution is -2.07. The summed E-state index contributed by atoms with van der Waals surface area (Å²) in [5.74, 6) is 0.100. The summed E-state index contributed by atoms with van der Waals surface area (Å²) < 4.78 is 25.3. The van der Waals surface area contributed by atoms with Crippen LogP contribution in [-0.4, -0.2) is 13.5 Å². The molecule has 2 rings (SSSR count). The highest BCUT2D eigenvalue weighted by atomic mass is 32.2. The van der Waals surface area contributed by atoms with Gasteiger partial charge in [-0.25, -0.2) is 8.42 Å². The molecule has 0 fully saturated rings. The molecular weight excluding hydrogens is 312 g/mol. The number of allylic oxidation sites excluding steroid dienone is 1. The number of hydrogen-bond acceptors (Lipinski definition) is 5. The number of benzene rings is 2. The summed E-state index contributed by atoms with van der Waals surface area (Å²) in [7, 11) is -3.89. The van der Waals surface area contributed by atoms with Crippen LogP contribution in [0.5, 0.6) is 5.75 Å². The van der Waals surface area contributed by atoms with Crippen LogP contribution in [0.3, 0.4) is 0 Å². The molecule has 118 valence electrons. The number of sulfone groups is 1. The van der Waals surface area contributed by atoms with E-state index in [9.17, 15) is 18.8 Å². The molecule has 0 aliphatic carbocycles. The van der Waals surface area contributed by atoms with Crippen molar-refractivity contribution in [2.24, 2.45) is 0 Å². The quantitative estimate of drug-likeness (QED) is 0.664. The number of nitrogens with zero attached hydrogens (tertiary/aromatic N) is 1. The Bertz CT molecular complexity index is 892. The summed E-state index contributed by atoms with van der Waals surface area (Å²) in [6.45, 7) is 3.48. The monoisotopic (exact) mass is 328 g/mol. The molecule has 0 aliphatic rings. The molecule has 0 saturated carbocycles. The molecule has 0 heterocycles. The number of aryl methyl sites for hydroxylation is 2. The Morgan fingerprint density at radius 3 is 2.43 bits per heavy atom. The van der Waals surface area contributed by atoms with Crippen molar-refractivity contribution in [2.45, 2.75) is 18.7 Å². The van der Waals surface area contributed by atoms with E-state index in [0.717, 1.165) is 11.8 Å². The Hall–Kier alpha value is -2.78. The van der Waals surface area contributed by atoms with Gasteiger partial charge in [0.2, 0.25) is 9.84 Å². The Labute approximate surface area is 135 Å². The van der Waals surface area contributed by atoms with E-state index in [-0.39, 0.29) is 15.6 Å². The number of aromatic hydroxyl groups is 1. The normalized spacial score (nSPS) is 11.8. The van der Waals surface area contributed by atoms with Gasteiger partial charge in [0.1, 0.15) is 11.8 Å². The third kappa shape index (κ3) is 3.71. The van der Waals surface area contributed by atoms with Crippen molar-refractivity contribution in [1.29, 1.82) is 5.26 Å². The van der Waals surface area contributed by atoms with Gasteiger partial charge in [0.15, 0.2) is 4.91 Å². The smallest absolute Gasteiger partial charge is 0.218 e. The van der Waals surface area contributed by atoms with Crippen molar-refractivity contribution < 1.29 is 13.5 Å². The van der Waals surface area contributed by atoms with Crippen molar-refractivity contribution >= 4 is 15.5 Å². The van der Waals surface area contributed by atoms with Gasteiger partial charge < -0.3 is 10.4 Å². The maximum absolute atomic E-state index is 12.6. The van der Waals surface area contributed by atoms with Crippen molar-refractivity contribution in [1.82, 2.24) is 0 Å². The van der Waals surface area contributed by atoms with Gasteiger partial charge >= 0.3 is 0 Å². The lowest BCUT2D eigenvalue weighted by atomic mass is 10.2. The second kappa shape index (κ2) is 6.55. The maximum atomic E-state index is 12.6. The minimum atomic E-state index is -3.89. The molecule has 2 aromatic carbocycles. The zero-order valence-electron chi connectivity index (χ0n) is 12.7. The summed E-state index contributed by atoms with van der Waals surface area (Å²) in [4.78, 5) is -0.253. The van der Waals surface area contributed by atoms with Crippen LogP contribution in [0.1, 0.15) is 11.1 Å². The average Bonchev–Trinajstić information content (AvgIpc) is 2.51. The van der Waals surface area contributed by atoms with Crippen LogP contribution in [0, 0.1) is 25.2 Å². The first-order valence-electron chi connectivity index (χ1n) is 6.83. The zero-order valence-corrected chi connectivity index (χ0v) is 13.6. The van der Waals surface area contributed by atoms with Crippen LogP contribution in [0.25, 0.3) is 0 Å². The fraction of sp³-hybridized carbons (Fsp3) is 0.118. The molecule has 6 heteroatoms. The van der Waals surface area contributed by atoms with Crippen molar-refractivity contribution in [3.05, 3.63) is 64.7 Å². The van der Waals surface area contributed by atoms with Crippen LogP contribution in [0.15, 0.2) is 58.5 Å². The van der Waals surface area contributed by atoms with E-state index in [4.69, 9.17) is 0 Å². The molecule has 2 aromatic rings. The van der Waals surface area contributed by atoms with Gasteiger partial charge in [-0.15, -0.1) is 0 Å². The Morgan fingerprint density at radius 2 is 1.83 bits per heavy atom. The molecule has 0 bridgehead atoms. The number of hydrogen-bond donors (Lipinski definition) is 2. The summed E-state index contributed by atoms with van der Waals surface area (Å²) in [5, 5.41) is 21.2. The lowest BCUT2D eigenvalue weighted by Gasteiger charge is -2.08. The van der Waals surface area contributed by atoms with Gasteiger partial charge in [0, 0.05) is 11.9 Å². The van der Waals surface area contributed by atoms with Crippen LogP contribution < -0.4 is 5.32 Å². The average molecular weight is 328 g/mol. The molecule has 0 aliphatic heterocycles. The van der Waals surface area contributed by atoms with E-state index in [1.807, 2.05) is 6.07 Å². The van der Waals surface area contributed by atoms with E-state index < -0.39 is 9.84 Å². The lowest BCUT2D eigenvalue weighted by molar-refractivity contribution is 0.475. The van der Waals surface area contributed by atoms with Gasteiger partial charge in [0.05, 0.1) is 4.90 Å². The highest BCUT2D eigenvalue weighted by Gasteiger charge is 2.23.